The zero-order chi connectivity index (χ0) is 18.5. The number of carbonyl (C=O) groups excluding carboxylic acids is 1. The van der Waals surface area contributed by atoms with Crippen molar-refractivity contribution in [3.63, 3.8) is 0 Å². The quantitative estimate of drug-likeness (QED) is 0.762. The summed E-state index contributed by atoms with van der Waals surface area (Å²) < 4.78 is 68.0. The zero-order valence-electron chi connectivity index (χ0n) is 13.5. The Morgan fingerprint density at radius 1 is 1.16 bits per heavy atom. The van der Waals surface area contributed by atoms with Gasteiger partial charge in [-0.2, -0.15) is 13.2 Å². The lowest BCUT2D eigenvalue weighted by atomic mass is 10.1. The molecule has 1 fully saturated rings. The maximum atomic E-state index is 12.8. The van der Waals surface area contributed by atoms with Crippen molar-refractivity contribution in [2.24, 2.45) is 0 Å². The van der Waals surface area contributed by atoms with Crippen molar-refractivity contribution < 1.29 is 31.1 Å². The van der Waals surface area contributed by atoms with E-state index in [0.29, 0.717) is 12.8 Å². The fourth-order valence-corrected chi connectivity index (χ4v) is 3.97. The van der Waals surface area contributed by atoms with Crippen molar-refractivity contribution >= 4 is 15.7 Å². The molecule has 0 saturated carbocycles. The smallest absolute Gasteiger partial charge is 0.381 e. The fraction of sp³-hybridized carbons (Fsp3) is 0.562. The third kappa shape index (κ3) is 6.00. The van der Waals surface area contributed by atoms with Crippen LogP contribution in [0.4, 0.5) is 13.2 Å². The predicted molar refractivity (Wildman–Crippen MR) is 84.7 cm³/mol. The number of rotatable bonds is 6. The topological polar surface area (TPSA) is 63.7 Å². The van der Waals surface area contributed by atoms with Gasteiger partial charge in [-0.3, -0.25) is 4.79 Å². The van der Waals surface area contributed by atoms with E-state index >= 15 is 0 Å². The Labute approximate surface area is 144 Å². The third-order valence-corrected chi connectivity index (χ3v) is 5.72. The van der Waals surface area contributed by atoms with Crippen LogP contribution in [0.25, 0.3) is 0 Å². The number of alkyl halides is 3. The molecular formula is C16H20F3NO4S. The summed E-state index contributed by atoms with van der Waals surface area (Å²) in [6.07, 6.45) is -4.39. The predicted octanol–water partition coefficient (Wildman–Crippen LogP) is 2.42. The third-order valence-electron chi connectivity index (χ3n) is 3.99. The minimum absolute atomic E-state index is 0.0521. The van der Waals surface area contributed by atoms with Crippen molar-refractivity contribution in [2.75, 3.05) is 25.5 Å². The van der Waals surface area contributed by atoms with Crippen LogP contribution in [-0.2, 0) is 19.4 Å². The molecule has 1 amide bonds. The Morgan fingerprint density at radius 3 is 2.32 bits per heavy atom. The van der Waals surface area contributed by atoms with E-state index < -0.39 is 46.7 Å². The van der Waals surface area contributed by atoms with Crippen LogP contribution in [0.15, 0.2) is 35.2 Å². The molecule has 0 spiro atoms. The number of hydrogen-bond acceptors (Lipinski definition) is 4. The SMILES string of the molecule is O=C(CCS(=O)(=O)c1ccccc1)N(CC(F)(F)F)C1CCOCC1. The Morgan fingerprint density at radius 2 is 1.76 bits per heavy atom. The van der Waals surface area contributed by atoms with Gasteiger partial charge in [0.15, 0.2) is 9.84 Å². The van der Waals surface area contributed by atoms with Crippen LogP contribution < -0.4 is 0 Å². The van der Waals surface area contributed by atoms with Crippen molar-refractivity contribution in [3.05, 3.63) is 30.3 Å². The molecule has 1 saturated heterocycles. The van der Waals surface area contributed by atoms with E-state index in [1.165, 1.54) is 12.1 Å². The molecule has 1 aliphatic heterocycles. The molecule has 0 bridgehead atoms. The summed E-state index contributed by atoms with van der Waals surface area (Å²) >= 11 is 0. The number of sulfone groups is 1. The lowest BCUT2D eigenvalue weighted by Gasteiger charge is -2.34. The highest BCUT2D eigenvalue weighted by atomic mass is 32.2. The second kappa shape index (κ2) is 8.18. The first kappa shape index (κ1) is 19.7. The van der Waals surface area contributed by atoms with Gasteiger partial charge in [-0.25, -0.2) is 8.42 Å². The molecule has 2 rings (SSSR count). The van der Waals surface area contributed by atoms with Crippen LogP contribution in [0.2, 0.25) is 0 Å². The van der Waals surface area contributed by atoms with Crippen LogP contribution in [0.1, 0.15) is 19.3 Å². The Balaban J connectivity index is 2.06. The summed E-state index contributed by atoms with van der Waals surface area (Å²) in [6, 6.07) is 6.96. The minimum Gasteiger partial charge on any atom is -0.381 e. The van der Waals surface area contributed by atoms with Gasteiger partial charge in [0.05, 0.1) is 10.6 Å². The summed E-state index contributed by atoms with van der Waals surface area (Å²) in [5.74, 6) is -1.32. The molecule has 25 heavy (non-hydrogen) atoms. The summed E-state index contributed by atoms with van der Waals surface area (Å²) in [7, 11) is -3.72. The highest BCUT2D eigenvalue weighted by Crippen LogP contribution is 2.23. The normalized spacial score (nSPS) is 16.6. The lowest BCUT2D eigenvalue weighted by molar-refractivity contribution is -0.168. The Kier molecular flexibility index (Phi) is 6.45. The van der Waals surface area contributed by atoms with E-state index in [0.717, 1.165) is 4.90 Å². The average Bonchev–Trinajstić information content (AvgIpc) is 2.58. The number of carbonyl (C=O) groups is 1. The van der Waals surface area contributed by atoms with Crippen LogP contribution in [0.3, 0.4) is 0 Å². The van der Waals surface area contributed by atoms with Crippen molar-refractivity contribution in [2.45, 2.75) is 36.4 Å². The molecule has 0 aliphatic carbocycles. The summed E-state index contributed by atoms with van der Waals surface area (Å²) in [6.45, 7) is -0.800. The fourth-order valence-electron chi connectivity index (χ4n) is 2.72. The van der Waals surface area contributed by atoms with Crippen LogP contribution >= 0.6 is 0 Å². The second-order valence-corrected chi connectivity index (χ2v) is 7.97. The molecule has 0 unspecified atom stereocenters. The van der Waals surface area contributed by atoms with Gasteiger partial charge in [0.1, 0.15) is 6.54 Å². The van der Waals surface area contributed by atoms with Gasteiger partial charge in [-0.1, -0.05) is 18.2 Å². The van der Waals surface area contributed by atoms with Crippen LogP contribution in [-0.4, -0.2) is 57.0 Å². The van der Waals surface area contributed by atoms with Gasteiger partial charge in [0, 0.05) is 25.7 Å². The van der Waals surface area contributed by atoms with Gasteiger partial charge in [0.2, 0.25) is 5.91 Å². The first-order valence-electron chi connectivity index (χ1n) is 7.91. The van der Waals surface area contributed by atoms with E-state index in [1.54, 1.807) is 18.2 Å². The molecule has 9 heteroatoms. The highest BCUT2D eigenvalue weighted by molar-refractivity contribution is 7.91. The molecule has 1 heterocycles. The summed E-state index contributed by atoms with van der Waals surface area (Å²) in [5.41, 5.74) is 0. The Hall–Kier alpha value is -1.61. The maximum absolute atomic E-state index is 12.8. The van der Waals surface area contributed by atoms with E-state index in [4.69, 9.17) is 4.74 Å². The number of benzene rings is 1. The molecule has 0 N–H and O–H groups in total. The van der Waals surface area contributed by atoms with Gasteiger partial charge < -0.3 is 9.64 Å². The van der Waals surface area contributed by atoms with Gasteiger partial charge in [-0.05, 0) is 25.0 Å². The van der Waals surface area contributed by atoms with Gasteiger partial charge in [-0.15, -0.1) is 0 Å². The molecule has 1 aliphatic rings. The molecular weight excluding hydrogens is 359 g/mol. The minimum atomic E-state index is -4.54. The standard InChI is InChI=1S/C16H20F3NO4S/c17-16(18,19)12-20(13-6-9-24-10-7-13)15(21)8-11-25(22,23)14-4-2-1-3-5-14/h1-5,13H,6-12H2. The number of halogens is 3. The number of ether oxygens (including phenoxy) is 1. The first-order chi connectivity index (χ1) is 11.7. The summed E-state index contributed by atoms with van der Waals surface area (Å²) in [4.78, 5) is 13.1. The van der Waals surface area contributed by atoms with E-state index in [-0.39, 0.29) is 18.1 Å². The lowest BCUT2D eigenvalue weighted by Crippen LogP contribution is -2.48. The largest absolute Gasteiger partial charge is 0.406 e. The van der Waals surface area contributed by atoms with Crippen molar-refractivity contribution in [3.8, 4) is 0 Å². The molecule has 5 nitrogen and oxygen atoms in total. The maximum Gasteiger partial charge on any atom is 0.406 e. The van der Waals surface area contributed by atoms with Gasteiger partial charge in [0.25, 0.3) is 0 Å². The number of hydrogen-bond donors (Lipinski definition) is 0. The van der Waals surface area contributed by atoms with Crippen LogP contribution in [0, 0.1) is 0 Å². The number of amides is 1. The zero-order valence-corrected chi connectivity index (χ0v) is 14.4. The van der Waals surface area contributed by atoms with E-state index in [9.17, 15) is 26.4 Å². The van der Waals surface area contributed by atoms with E-state index in [2.05, 4.69) is 0 Å². The van der Waals surface area contributed by atoms with E-state index in [1.807, 2.05) is 0 Å². The Bertz CT molecular complexity index is 670. The molecule has 1 aromatic carbocycles. The van der Waals surface area contributed by atoms with Crippen LogP contribution in [0.5, 0.6) is 0 Å². The van der Waals surface area contributed by atoms with Crippen molar-refractivity contribution in [1.29, 1.82) is 0 Å². The second-order valence-electron chi connectivity index (χ2n) is 5.86. The number of nitrogens with zero attached hydrogens (tertiary/aromatic N) is 1. The molecule has 1 aromatic rings. The molecule has 0 atom stereocenters. The first-order valence-corrected chi connectivity index (χ1v) is 9.56. The average molecular weight is 379 g/mol. The monoisotopic (exact) mass is 379 g/mol. The van der Waals surface area contributed by atoms with Gasteiger partial charge >= 0.3 is 6.18 Å². The highest BCUT2D eigenvalue weighted by Gasteiger charge is 2.37. The van der Waals surface area contributed by atoms with Crippen molar-refractivity contribution in [1.82, 2.24) is 4.90 Å². The molecule has 0 radical (unpaired) electrons. The summed E-state index contributed by atoms with van der Waals surface area (Å²) in [5, 5.41) is 0. The molecule has 0 aromatic heterocycles. The molecule has 140 valence electrons.